The molecule has 0 unspecified atom stereocenters. The number of anilines is 1. The molecule has 0 radical (unpaired) electrons. The third-order valence-corrected chi connectivity index (χ3v) is 2.74. The van der Waals surface area contributed by atoms with Gasteiger partial charge in [0.15, 0.2) is 0 Å². The number of nitrogens with two attached hydrogens (primary N) is 1. The second kappa shape index (κ2) is 6.44. The van der Waals surface area contributed by atoms with Crippen molar-refractivity contribution >= 4 is 34.0 Å². The average Bonchev–Trinajstić information content (AvgIpc) is 2.24. The Morgan fingerprint density at radius 1 is 1.50 bits per heavy atom. The van der Waals surface area contributed by atoms with Crippen molar-refractivity contribution in [2.75, 3.05) is 18.4 Å². The van der Waals surface area contributed by atoms with E-state index in [1.165, 1.54) is 6.07 Å². The molecule has 0 aliphatic heterocycles. The summed E-state index contributed by atoms with van der Waals surface area (Å²) in [5, 5.41) is 13.7. The fraction of sp³-hybridized carbons (Fsp3) is 0.200. The number of halogens is 1. The van der Waals surface area contributed by atoms with Crippen LogP contribution in [-0.4, -0.2) is 18.0 Å². The van der Waals surface area contributed by atoms with Gasteiger partial charge in [-0.05, 0) is 34.7 Å². The molecule has 86 valence electrons. The van der Waals surface area contributed by atoms with E-state index < -0.39 is 0 Å². The van der Waals surface area contributed by atoms with Gasteiger partial charge in [-0.15, -0.1) is 0 Å². The summed E-state index contributed by atoms with van der Waals surface area (Å²) in [4.78, 5) is 10.2. The highest BCUT2D eigenvalue weighted by Gasteiger charge is 2.10. The minimum absolute atomic E-state index is 0.128. The van der Waals surface area contributed by atoms with Crippen LogP contribution >= 0.6 is 22.6 Å². The van der Waals surface area contributed by atoms with Crippen LogP contribution in [0.15, 0.2) is 30.4 Å². The minimum Gasteiger partial charge on any atom is -0.382 e. The highest BCUT2D eigenvalue weighted by molar-refractivity contribution is 14.1. The van der Waals surface area contributed by atoms with Crippen LogP contribution in [0.2, 0.25) is 0 Å². The zero-order valence-electron chi connectivity index (χ0n) is 8.52. The summed E-state index contributed by atoms with van der Waals surface area (Å²) >= 11 is 1.95. The Bertz CT molecular complexity index is 407. The van der Waals surface area contributed by atoms with Crippen LogP contribution in [0.4, 0.5) is 11.4 Å². The van der Waals surface area contributed by atoms with Gasteiger partial charge in [0, 0.05) is 24.8 Å². The molecule has 0 aromatic heterocycles. The molecule has 1 aromatic carbocycles. The van der Waals surface area contributed by atoms with Crippen LogP contribution in [-0.2, 0) is 0 Å². The number of hydrogen-bond acceptors (Lipinski definition) is 4. The first-order valence-electron chi connectivity index (χ1n) is 4.68. The molecule has 0 amide bonds. The zero-order valence-corrected chi connectivity index (χ0v) is 10.7. The number of nitrogens with zero attached hydrogens (tertiary/aromatic N) is 1. The number of rotatable bonds is 5. The maximum Gasteiger partial charge on any atom is 0.282 e. The average molecular weight is 333 g/mol. The first kappa shape index (κ1) is 12.9. The number of nitro groups is 1. The first-order chi connectivity index (χ1) is 7.65. The SMILES string of the molecule is NC/C=C/CNc1ccc([N+](=O)[O-])c(I)c1. The number of hydrogen-bond donors (Lipinski definition) is 2. The maximum atomic E-state index is 10.6. The highest BCUT2D eigenvalue weighted by atomic mass is 127. The molecule has 1 rings (SSSR count). The highest BCUT2D eigenvalue weighted by Crippen LogP contribution is 2.23. The second-order valence-corrected chi connectivity index (χ2v) is 4.17. The predicted molar refractivity (Wildman–Crippen MR) is 72.5 cm³/mol. The van der Waals surface area contributed by atoms with Crippen LogP contribution < -0.4 is 11.1 Å². The smallest absolute Gasteiger partial charge is 0.282 e. The van der Waals surface area contributed by atoms with Gasteiger partial charge in [-0.2, -0.15) is 0 Å². The lowest BCUT2D eigenvalue weighted by atomic mass is 10.3. The molecule has 0 saturated heterocycles. The normalized spacial score (nSPS) is 10.6. The summed E-state index contributed by atoms with van der Waals surface area (Å²) in [6, 6.07) is 4.93. The van der Waals surface area contributed by atoms with Gasteiger partial charge in [-0.25, -0.2) is 0 Å². The second-order valence-electron chi connectivity index (χ2n) is 3.01. The summed E-state index contributed by atoms with van der Waals surface area (Å²) in [6.07, 6.45) is 3.76. The summed E-state index contributed by atoms with van der Waals surface area (Å²) < 4.78 is 0.621. The van der Waals surface area contributed by atoms with E-state index in [1.54, 1.807) is 12.1 Å². The summed E-state index contributed by atoms with van der Waals surface area (Å²) in [5.41, 5.74) is 6.28. The van der Waals surface area contributed by atoms with Crippen molar-refractivity contribution in [2.24, 2.45) is 5.73 Å². The van der Waals surface area contributed by atoms with Crippen LogP contribution in [0.1, 0.15) is 0 Å². The third-order valence-electron chi connectivity index (χ3n) is 1.87. The van der Waals surface area contributed by atoms with Crippen molar-refractivity contribution in [1.82, 2.24) is 0 Å². The molecule has 0 atom stereocenters. The molecule has 0 aliphatic rings. The molecular weight excluding hydrogens is 321 g/mol. The Hall–Kier alpha value is -1.15. The summed E-state index contributed by atoms with van der Waals surface area (Å²) in [5.74, 6) is 0. The van der Waals surface area contributed by atoms with Gasteiger partial charge in [0.2, 0.25) is 0 Å². The molecule has 6 heteroatoms. The van der Waals surface area contributed by atoms with Crippen molar-refractivity contribution in [3.63, 3.8) is 0 Å². The van der Waals surface area contributed by atoms with E-state index in [0.29, 0.717) is 16.7 Å². The largest absolute Gasteiger partial charge is 0.382 e. The van der Waals surface area contributed by atoms with Crippen LogP contribution in [0.5, 0.6) is 0 Å². The zero-order chi connectivity index (χ0) is 12.0. The molecule has 5 nitrogen and oxygen atoms in total. The molecule has 0 fully saturated rings. The maximum absolute atomic E-state index is 10.6. The van der Waals surface area contributed by atoms with Crippen LogP contribution in [0.3, 0.4) is 0 Å². The van der Waals surface area contributed by atoms with Crippen LogP contribution in [0.25, 0.3) is 0 Å². The molecule has 1 aromatic rings. The Morgan fingerprint density at radius 3 is 2.81 bits per heavy atom. The Balaban J connectivity index is 2.66. The van der Waals surface area contributed by atoms with Crippen molar-refractivity contribution in [2.45, 2.75) is 0 Å². The van der Waals surface area contributed by atoms with Crippen molar-refractivity contribution < 1.29 is 4.92 Å². The fourth-order valence-corrected chi connectivity index (χ4v) is 1.83. The molecule has 3 N–H and O–H groups in total. The topological polar surface area (TPSA) is 81.2 Å². The lowest BCUT2D eigenvalue weighted by molar-refractivity contribution is -0.385. The van der Waals surface area contributed by atoms with Crippen molar-refractivity contribution in [1.29, 1.82) is 0 Å². The van der Waals surface area contributed by atoms with Gasteiger partial charge in [0.05, 0.1) is 8.49 Å². The molecule has 0 spiro atoms. The predicted octanol–water partition coefficient (Wildman–Crippen LogP) is 2.13. The first-order valence-corrected chi connectivity index (χ1v) is 5.76. The van der Waals surface area contributed by atoms with E-state index in [-0.39, 0.29) is 10.6 Å². The van der Waals surface area contributed by atoms with E-state index >= 15 is 0 Å². The quantitative estimate of drug-likeness (QED) is 0.374. The Kier molecular flexibility index (Phi) is 5.20. The van der Waals surface area contributed by atoms with E-state index in [9.17, 15) is 10.1 Å². The molecule has 0 bridgehead atoms. The third kappa shape index (κ3) is 3.78. The van der Waals surface area contributed by atoms with Crippen LogP contribution in [0, 0.1) is 13.7 Å². The molecular formula is C10H12IN3O2. The minimum atomic E-state index is -0.389. The Morgan fingerprint density at radius 2 is 2.25 bits per heavy atom. The molecule has 0 saturated carbocycles. The molecule has 16 heavy (non-hydrogen) atoms. The number of nitrogens with one attached hydrogen (secondary N) is 1. The van der Waals surface area contributed by atoms with E-state index in [0.717, 1.165) is 5.69 Å². The lowest BCUT2D eigenvalue weighted by Crippen LogP contribution is -2.01. The number of nitro benzene ring substituents is 1. The van der Waals surface area contributed by atoms with E-state index in [1.807, 2.05) is 34.7 Å². The fourth-order valence-electron chi connectivity index (χ4n) is 1.12. The molecule has 0 heterocycles. The van der Waals surface area contributed by atoms with Gasteiger partial charge in [-0.1, -0.05) is 12.2 Å². The van der Waals surface area contributed by atoms with Crippen molar-refractivity contribution in [3.8, 4) is 0 Å². The van der Waals surface area contributed by atoms with Gasteiger partial charge in [-0.3, -0.25) is 10.1 Å². The van der Waals surface area contributed by atoms with Gasteiger partial charge in [0.25, 0.3) is 5.69 Å². The standard InChI is InChI=1S/C10H12IN3O2/c11-9-7-8(13-6-2-1-5-12)3-4-10(9)14(15)16/h1-4,7,13H,5-6,12H2/b2-1+. The monoisotopic (exact) mass is 333 g/mol. The van der Waals surface area contributed by atoms with Gasteiger partial charge in [0.1, 0.15) is 0 Å². The number of benzene rings is 1. The van der Waals surface area contributed by atoms with E-state index in [2.05, 4.69) is 5.32 Å². The Labute approximate surface area is 107 Å². The van der Waals surface area contributed by atoms with Gasteiger partial charge >= 0.3 is 0 Å². The summed E-state index contributed by atoms with van der Waals surface area (Å²) in [6.45, 7) is 1.17. The molecule has 0 aliphatic carbocycles. The van der Waals surface area contributed by atoms with Crippen molar-refractivity contribution in [3.05, 3.63) is 44.0 Å². The summed E-state index contributed by atoms with van der Waals surface area (Å²) in [7, 11) is 0. The van der Waals surface area contributed by atoms with E-state index in [4.69, 9.17) is 5.73 Å². The van der Waals surface area contributed by atoms with Gasteiger partial charge < -0.3 is 11.1 Å². The lowest BCUT2D eigenvalue weighted by Gasteiger charge is -2.03.